The molecule has 2 fully saturated rings. The first-order valence-electron chi connectivity index (χ1n) is 6.97. The van der Waals surface area contributed by atoms with Crippen molar-refractivity contribution < 1.29 is 14.3 Å². The van der Waals surface area contributed by atoms with Gasteiger partial charge in [0.15, 0.2) is 0 Å². The van der Waals surface area contributed by atoms with Gasteiger partial charge in [-0.3, -0.25) is 4.79 Å². The maximum Gasteiger partial charge on any atom is 0.329 e. The highest BCUT2D eigenvalue weighted by molar-refractivity contribution is 5.94. The van der Waals surface area contributed by atoms with E-state index in [1.165, 1.54) is 6.42 Å². The minimum absolute atomic E-state index is 0.0266. The maximum absolute atomic E-state index is 11.9. The van der Waals surface area contributed by atoms with Gasteiger partial charge >= 0.3 is 5.97 Å². The van der Waals surface area contributed by atoms with Crippen LogP contribution < -0.4 is 5.32 Å². The van der Waals surface area contributed by atoms with Crippen LogP contribution in [-0.2, 0) is 14.3 Å². The SMILES string of the molecule is CC(C)[C@H]1CC[C@H](C)C[C@@H]1OC(=O)[C@@H]1CC(=O)N1. The quantitative estimate of drug-likeness (QED) is 0.617. The minimum atomic E-state index is -0.400. The molecule has 0 bridgehead atoms. The smallest absolute Gasteiger partial charge is 0.329 e. The van der Waals surface area contributed by atoms with Gasteiger partial charge in [0, 0.05) is 0 Å². The van der Waals surface area contributed by atoms with E-state index in [0.717, 1.165) is 12.8 Å². The molecule has 1 saturated carbocycles. The Hall–Kier alpha value is -1.06. The minimum Gasteiger partial charge on any atom is -0.461 e. The number of ether oxygens (including phenoxy) is 1. The van der Waals surface area contributed by atoms with Gasteiger partial charge in [-0.15, -0.1) is 0 Å². The summed E-state index contributed by atoms with van der Waals surface area (Å²) in [4.78, 5) is 22.7. The Labute approximate surface area is 108 Å². The normalized spacial score (nSPS) is 35.9. The van der Waals surface area contributed by atoms with Crippen LogP contribution in [0.15, 0.2) is 0 Å². The van der Waals surface area contributed by atoms with Crippen LogP contribution >= 0.6 is 0 Å². The molecule has 1 N–H and O–H groups in total. The molecule has 0 spiro atoms. The topological polar surface area (TPSA) is 55.4 Å². The molecule has 18 heavy (non-hydrogen) atoms. The van der Waals surface area contributed by atoms with Crippen molar-refractivity contribution in [3.63, 3.8) is 0 Å². The Balaban J connectivity index is 1.91. The first kappa shape index (κ1) is 13.4. The highest BCUT2D eigenvalue weighted by atomic mass is 16.5. The van der Waals surface area contributed by atoms with Crippen LogP contribution in [0.3, 0.4) is 0 Å². The van der Waals surface area contributed by atoms with Gasteiger partial charge in [-0.25, -0.2) is 4.79 Å². The van der Waals surface area contributed by atoms with Crippen molar-refractivity contribution in [3.05, 3.63) is 0 Å². The van der Waals surface area contributed by atoms with E-state index in [9.17, 15) is 9.59 Å². The Kier molecular flexibility index (Phi) is 3.93. The summed E-state index contributed by atoms with van der Waals surface area (Å²) < 4.78 is 5.63. The lowest BCUT2D eigenvalue weighted by molar-refractivity contribution is -0.163. The molecule has 1 aliphatic heterocycles. The molecule has 0 radical (unpaired) electrons. The van der Waals surface area contributed by atoms with E-state index in [1.807, 2.05) is 0 Å². The second kappa shape index (κ2) is 5.29. The fraction of sp³-hybridized carbons (Fsp3) is 0.857. The number of esters is 1. The first-order valence-corrected chi connectivity index (χ1v) is 6.97. The molecule has 102 valence electrons. The average Bonchev–Trinajstić information content (AvgIpc) is 2.24. The maximum atomic E-state index is 11.9. The molecule has 4 nitrogen and oxygen atoms in total. The van der Waals surface area contributed by atoms with Crippen molar-refractivity contribution >= 4 is 11.9 Å². The van der Waals surface area contributed by atoms with Crippen LogP contribution in [0.25, 0.3) is 0 Å². The Morgan fingerprint density at radius 3 is 2.61 bits per heavy atom. The number of rotatable bonds is 3. The third-order valence-corrected chi connectivity index (χ3v) is 4.24. The van der Waals surface area contributed by atoms with Crippen molar-refractivity contribution in [2.24, 2.45) is 17.8 Å². The number of hydrogen-bond donors (Lipinski definition) is 1. The van der Waals surface area contributed by atoms with E-state index in [4.69, 9.17) is 4.74 Å². The van der Waals surface area contributed by atoms with E-state index in [0.29, 0.717) is 17.8 Å². The van der Waals surface area contributed by atoms with Gasteiger partial charge in [-0.2, -0.15) is 0 Å². The molecule has 0 unspecified atom stereocenters. The molecule has 4 atom stereocenters. The van der Waals surface area contributed by atoms with Crippen molar-refractivity contribution in [1.82, 2.24) is 5.32 Å². The zero-order chi connectivity index (χ0) is 13.3. The number of carbonyl (C=O) groups is 2. The Bertz CT molecular complexity index is 332. The van der Waals surface area contributed by atoms with Gasteiger partial charge in [0.2, 0.25) is 5.91 Å². The summed E-state index contributed by atoms with van der Waals surface area (Å²) in [6.45, 7) is 6.59. The highest BCUT2D eigenvalue weighted by Gasteiger charge is 2.38. The molecule has 1 saturated heterocycles. The number of carbonyl (C=O) groups excluding carboxylic acids is 2. The van der Waals surface area contributed by atoms with Crippen LogP contribution in [-0.4, -0.2) is 24.0 Å². The molecule has 2 aliphatic rings. The lowest BCUT2D eigenvalue weighted by Gasteiger charge is -2.38. The summed E-state index contributed by atoms with van der Waals surface area (Å²) in [5, 5.41) is 2.57. The third-order valence-electron chi connectivity index (χ3n) is 4.24. The zero-order valence-electron chi connectivity index (χ0n) is 11.4. The molecule has 4 heteroatoms. The predicted octanol–water partition coefficient (Wildman–Crippen LogP) is 1.88. The third kappa shape index (κ3) is 2.85. The van der Waals surface area contributed by atoms with E-state index in [1.54, 1.807) is 0 Å². The molecule has 0 aromatic heterocycles. The summed E-state index contributed by atoms with van der Waals surface area (Å²) in [6.07, 6.45) is 3.62. The molecule has 0 aromatic rings. The van der Waals surface area contributed by atoms with Crippen LogP contribution in [0, 0.1) is 17.8 Å². The molecule has 1 heterocycles. The van der Waals surface area contributed by atoms with E-state index >= 15 is 0 Å². The molecular formula is C14H23NO3. The summed E-state index contributed by atoms with van der Waals surface area (Å²) in [5.74, 6) is 1.30. The average molecular weight is 253 g/mol. The van der Waals surface area contributed by atoms with E-state index < -0.39 is 6.04 Å². The summed E-state index contributed by atoms with van der Waals surface area (Å²) in [7, 11) is 0. The standard InChI is InChI=1S/C14H23NO3/c1-8(2)10-5-4-9(3)6-12(10)18-14(17)11-7-13(16)15-11/h8-12H,4-7H2,1-3H3,(H,15,16)/t9-,10+,11-,12-/m0/s1. The molecule has 0 aromatic carbocycles. The summed E-state index contributed by atoms with van der Waals surface area (Å²) >= 11 is 0. The number of amides is 1. The van der Waals surface area contributed by atoms with Crippen LogP contribution in [0.2, 0.25) is 0 Å². The number of nitrogens with one attached hydrogen (secondary N) is 1. The number of hydrogen-bond acceptors (Lipinski definition) is 3. The molecule has 2 rings (SSSR count). The summed E-state index contributed by atoms with van der Waals surface area (Å²) in [5.41, 5.74) is 0. The van der Waals surface area contributed by atoms with Crippen molar-refractivity contribution in [1.29, 1.82) is 0 Å². The van der Waals surface area contributed by atoms with Gasteiger partial charge in [-0.05, 0) is 30.6 Å². The van der Waals surface area contributed by atoms with Gasteiger partial charge in [0.25, 0.3) is 0 Å². The van der Waals surface area contributed by atoms with Crippen molar-refractivity contribution in [3.8, 4) is 0 Å². The van der Waals surface area contributed by atoms with Gasteiger partial charge < -0.3 is 10.1 Å². The van der Waals surface area contributed by atoms with E-state index in [2.05, 4.69) is 26.1 Å². The fourth-order valence-corrected chi connectivity index (χ4v) is 2.98. The van der Waals surface area contributed by atoms with Crippen molar-refractivity contribution in [2.75, 3.05) is 0 Å². The largest absolute Gasteiger partial charge is 0.461 e. The lowest BCUT2D eigenvalue weighted by atomic mass is 9.75. The molecule has 1 amide bonds. The predicted molar refractivity (Wildman–Crippen MR) is 67.8 cm³/mol. The molecular weight excluding hydrogens is 230 g/mol. The van der Waals surface area contributed by atoms with E-state index in [-0.39, 0.29) is 24.4 Å². The monoisotopic (exact) mass is 253 g/mol. The second-order valence-corrected chi connectivity index (χ2v) is 6.13. The van der Waals surface area contributed by atoms with Crippen LogP contribution in [0.4, 0.5) is 0 Å². The Morgan fingerprint density at radius 1 is 1.39 bits per heavy atom. The zero-order valence-corrected chi connectivity index (χ0v) is 11.4. The lowest BCUT2D eigenvalue weighted by Crippen LogP contribution is -2.55. The second-order valence-electron chi connectivity index (χ2n) is 6.13. The highest BCUT2D eigenvalue weighted by Crippen LogP contribution is 2.35. The fourth-order valence-electron chi connectivity index (χ4n) is 2.98. The van der Waals surface area contributed by atoms with Gasteiger partial charge in [-0.1, -0.05) is 27.2 Å². The number of β-lactam (4-membered cyclic amide) rings is 1. The first-order chi connectivity index (χ1) is 8.47. The van der Waals surface area contributed by atoms with Crippen molar-refractivity contribution in [2.45, 2.75) is 58.6 Å². The van der Waals surface area contributed by atoms with Gasteiger partial charge in [0.05, 0.1) is 6.42 Å². The van der Waals surface area contributed by atoms with Crippen LogP contribution in [0.1, 0.15) is 46.5 Å². The summed E-state index contributed by atoms with van der Waals surface area (Å²) in [6, 6.07) is -0.400. The van der Waals surface area contributed by atoms with Crippen LogP contribution in [0.5, 0.6) is 0 Å². The molecule has 1 aliphatic carbocycles. The van der Waals surface area contributed by atoms with Gasteiger partial charge in [0.1, 0.15) is 12.1 Å². The Morgan fingerprint density at radius 2 is 2.06 bits per heavy atom.